The zero-order chi connectivity index (χ0) is 12.3. The van der Waals surface area contributed by atoms with Gasteiger partial charge in [0.1, 0.15) is 5.82 Å². The second-order valence-electron chi connectivity index (χ2n) is 4.42. The van der Waals surface area contributed by atoms with Crippen LogP contribution in [0.2, 0.25) is 0 Å². The number of hydrogen-bond acceptors (Lipinski definition) is 2. The molecule has 0 unspecified atom stereocenters. The largest absolute Gasteiger partial charge is 0.478 e. The molecule has 0 atom stereocenters. The Morgan fingerprint density at radius 2 is 2.00 bits per heavy atom. The summed E-state index contributed by atoms with van der Waals surface area (Å²) < 4.78 is 13.9. The van der Waals surface area contributed by atoms with Gasteiger partial charge in [0.2, 0.25) is 0 Å². The van der Waals surface area contributed by atoms with Crippen molar-refractivity contribution in [3.8, 4) is 0 Å². The summed E-state index contributed by atoms with van der Waals surface area (Å²) >= 11 is 0. The minimum Gasteiger partial charge on any atom is -0.478 e. The first-order chi connectivity index (χ1) is 8.18. The number of nitrogens with zero attached hydrogens (tertiary/aromatic N) is 1. The topological polar surface area (TPSA) is 40.5 Å². The number of piperidine rings is 1. The van der Waals surface area contributed by atoms with Gasteiger partial charge in [-0.25, -0.2) is 9.18 Å². The Morgan fingerprint density at radius 1 is 1.29 bits per heavy atom. The van der Waals surface area contributed by atoms with Crippen LogP contribution in [0.15, 0.2) is 18.2 Å². The molecule has 1 aliphatic rings. The first-order valence-corrected chi connectivity index (χ1v) is 5.91. The molecule has 4 heteroatoms. The minimum atomic E-state index is -1.21. The molecule has 1 saturated heterocycles. The molecule has 0 saturated carbocycles. The molecule has 0 aromatic heterocycles. The van der Waals surface area contributed by atoms with Gasteiger partial charge in [0.15, 0.2) is 0 Å². The summed E-state index contributed by atoms with van der Waals surface area (Å²) in [6.45, 7) is 2.44. The van der Waals surface area contributed by atoms with Gasteiger partial charge in [0.05, 0.1) is 5.56 Å². The number of benzene rings is 1. The third-order valence-corrected chi connectivity index (χ3v) is 3.15. The van der Waals surface area contributed by atoms with Crippen LogP contribution in [0.4, 0.5) is 4.39 Å². The number of carboxylic acid groups (broad SMARTS) is 1. The number of halogens is 1. The van der Waals surface area contributed by atoms with Crippen molar-refractivity contribution in [2.24, 2.45) is 0 Å². The summed E-state index contributed by atoms with van der Waals surface area (Å²) in [6, 6.07) is 4.57. The lowest BCUT2D eigenvalue weighted by molar-refractivity contribution is 0.0691. The van der Waals surface area contributed by atoms with Crippen molar-refractivity contribution in [1.82, 2.24) is 4.90 Å². The van der Waals surface area contributed by atoms with Gasteiger partial charge in [-0.1, -0.05) is 18.6 Å². The molecule has 1 N–H and O–H groups in total. The number of carboxylic acids is 1. The standard InChI is InChI=1S/C13H16FNO2/c14-12-10(5-4-6-11(12)13(16)17)9-15-7-2-1-3-8-15/h4-6H,1-3,7-9H2,(H,16,17). The summed E-state index contributed by atoms with van der Waals surface area (Å²) in [5, 5.41) is 8.84. The van der Waals surface area contributed by atoms with Gasteiger partial charge in [-0.15, -0.1) is 0 Å². The Labute approximate surface area is 99.9 Å². The maximum atomic E-state index is 13.9. The van der Waals surface area contributed by atoms with E-state index in [0.29, 0.717) is 12.1 Å². The number of aromatic carboxylic acids is 1. The van der Waals surface area contributed by atoms with E-state index >= 15 is 0 Å². The van der Waals surface area contributed by atoms with Crippen LogP contribution in [0.25, 0.3) is 0 Å². The highest BCUT2D eigenvalue weighted by atomic mass is 19.1. The van der Waals surface area contributed by atoms with Gasteiger partial charge in [-0.05, 0) is 32.0 Å². The Hall–Kier alpha value is -1.42. The molecule has 2 rings (SSSR count). The average Bonchev–Trinajstić information content (AvgIpc) is 2.33. The van der Waals surface area contributed by atoms with Gasteiger partial charge in [0.25, 0.3) is 0 Å². The Morgan fingerprint density at radius 3 is 2.65 bits per heavy atom. The maximum absolute atomic E-state index is 13.9. The smallest absolute Gasteiger partial charge is 0.338 e. The van der Waals surface area contributed by atoms with E-state index in [9.17, 15) is 9.18 Å². The van der Waals surface area contributed by atoms with Crippen molar-refractivity contribution in [1.29, 1.82) is 0 Å². The highest BCUT2D eigenvalue weighted by molar-refractivity contribution is 5.88. The molecule has 0 amide bonds. The van der Waals surface area contributed by atoms with Gasteiger partial charge in [-0.3, -0.25) is 4.90 Å². The molecular formula is C13H16FNO2. The van der Waals surface area contributed by atoms with Crippen molar-refractivity contribution in [2.75, 3.05) is 13.1 Å². The van der Waals surface area contributed by atoms with Crippen LogP contribution in [0.5, 0.6) is 0 Å². The Bertz CT molecular complexity index is 414. The van der Waals surface area contributed by atoms with Crippen molar-refractivity contribution in [3.05, 3.63) is 35.1 Å². The van der Waals surface area contributed by atoms with Crippen LogP contribution >= 0.6 is 0 Å². The fourth-order valence-corrected chi connectivity index (χ4v) is 2.23. The van der Waals surface area contributed by atoms with E-state index in [-0.39, 0.29) is 5.56 Å². The first-order valence-electron chi connectivity index (χ1n) is 5.91. The van der Waals surface area contributed by atoms with Crippen LogP contribution in [-0.4, -0.2) is 29.1 Å². The van der Waals surface area contributed by atoms with E-state index in [2.05, 4.69) is 4.90 Å². The zero-order valence-corrected chi connectivity index (χ0v) is 9.66. The molecule has 1 aliphatic heterocycles. The van der Waals surface area contributed by atoms with Crippen LogP contribution in [0, 0.1) is 5.82 Å². The molecule has 1 heterocycles. The highest BCUT2D eigenvalue weighted by Crippen LogP contribution is 2.17. The lowest BCUT2D eigenvalue weighted by atomic mass is 10.1. The lowest BCUT2D eigenvalue weighted by Gasteiger charge is -2.26. The molecular weight excluding hydrogens is 221 g/mol. The second-order valence-corrected chi connectivity index (χ2v) is 4.42. The molecule has 0 aliphatic carbocycles. The number of rotatable bonds is 3. The molecule has 3 nitrogen and oxygen atoms in total. The van der Waals surface area contributed by atoms with Crippen LogP contribution in [0.1, 0.15) is 35.2 Å². The van der Waals surface area contributed by atoms with Crippen molar-refractivity contribution >= 4 is 5.97 Å². The zero-order valence-electron chi connectivity index (χ0n) is 9.66. The fourth-order valence-electron chi connectivity index (χ4n) is 2.23. The number of likely N-dealkylation sites (tertiary alicyclic amines) is 1. The van der Waals surface area contributed by atoms with E-state index in [1.54, 1.807) is 12.1 Å². The van der Waals surface area contributed by atoms with E-state index < -0.39 is 11.8 Å². The van der Waals surface area contributed by atoms with Crippen LogP contribution in [-0.2, 0) is 6.54 Å². The molecule has 1 aromatic carbocycles. The third-order valence-electron chi connectivity index (χ3n) is 3.15. The van der Waals surface area contributed by atoms with Crippen molar-refractivity contribution in [3.63, 3.8) is 0 Å². The fraction of sp³-hybridized carbons (Fsp3) is 0.462. The summed E-state index contributed by atoms with van der Waals surface area (Å²) in [5.74, 6) is -1.80. The lowest BCUT2D eigenvalue weighted by Crippen LogP contribution is -2.29. The molecule has 1 aromatic rings. The quantitative estimate of drug-likeness (QED) is 0.878. The number of hydrogen-bond donors (Lipinski definition) is 1. The summed E-state index contributed by atoms with van der Waals surface area (Å²) in [7, 11) is 0. The van der Waals surface area contributed by atoms with E-state index in [1.165, 1.54) is 12.5 Å². The normalized spacial score (nSPS) is 17.0. The van der Waals surface area contributed by atoms with Gasteiger partial charge in [0, 0.05) is 12.1 Å². The molecule has 1 fully saturated rings. The SMILES string of the molecule is O=C(O)c1cccc(CN2CCCCC2)c1F. The summed E-state index contributed by atoms with van der Waals surface area (Å²) in [5.41, 5.74) is 0.242. The van der Waals surface area contributed by atoms with E-state index in [1.807, 2.05) is 0 Å². The predicted molar refractivity (Wildman–Crippen MR) is 62.5 cm³/mol. The molecule has 92 valence electrons. The van der Waals surface area contributed by atoms with E-state index in [4.69, 9.17) is 5.11 Å². The molecule has 0 bridgehead atoms. The number of carbonyl (C=O) groups is 1. The average molecular weight is 237 g/mol. The highest BCUT2D eigenvalue weighted by Gasteiger charge is 2.17. The second kappa shape index (κ2) is 5.27. The monoisotopic (exact) mass is 237 g/mol. The first kappa shape index (κ1) is 12.0. The van der Waals surface area contributed by atoms with Crippen LogP contribution < -0.4 is 0 Å². The van der Waals surface area contributed by atoms with Crippen molar-refractivity contribution < 1.29 is 14.3 Å². The van der Waals surface area contributed by atoms with Crippen LogP contribution in [0.3, 0.4) is 0 Å². The summed E-state index contributed by atoms with van der Waals surface area (Å²) in [4.78, 5) is 13.0. The third kappa shape index (κ3) is 2.82. The Balaban J connectivity index is 2.15. The van der Waals surface area contributed by atoms with E-state index in [0.717, 1.165) is 25.9 Å². The minimum absolute atomic E-state index is 0.237. The summed E-state index contributed by atoms with van der Waals surface area (Å²) in [6.07, 6.45) is 3.51. The predicted octanol–water partition coefficient (Wildman–Crippen LogP) is 2.51. The van der Waals surface area contributed by atoms with Gasteiger partial charge < -0.3 is 5.11 Å². The molecule has 17 heavy (non-hydrogen) atoms. The van der Waals surface area contributed by atoms with Crippen molar-refractivity contribution in [2.45, 2.75) is 25.8 Å². The van der Waals surface area contributed by atoms with Gasteiger partial charge in [-0.2, -0.15) is 0 Å². The maximum Gasteiger partial charge on any atom is 0.338 e. The van der Waals surface area contributed by atoms with Gasteiger partial charge >= 0.3 is 5.97 Å². The molecule has 0 spiro atoms. The Kier molecular flexibility index (Phi) is 3.74. The molecule has 0 radical (unpaired) electrons.